The van der Waals surface area contributed by atoms with Gasteiger partial charge in [-0.25, -0.2) is 8.78 Å². The first-order valence-corrected chi connectivity index (χ1v) is 5.20. The predicted molar refractivity (Wildman–Crippen MR) is 55.6 cm³/mol. The first-order valence-electron chi connectivity index (χ1n) is 4.38. The third-order valence-corrected chi connectivity index (χ3v) is 2.52. The lowest BCUT2D eigenvalue weighted by molar-refractivity contribution is -0.0558. The Morgan fingerprint density at radius 3 is 2.59 bits per heavy atom. The molecule has 7 heteroatoms. The van der Waals surface area contributed by atoms with Crippen LogP contribution in [0.15, 0.2) is 21.5 Å². The summed E-state index contributed by atoms with van der Waals surface area (Å²) in [6, 6.07) is 4.44. The largest absolute Gasteiger partial charge is 0.462 e. The van der Waals surface area contributed by atoms with Crippen molar-refractivity contribution < 1.29 is 22.0 Å². The summed E-state index contributed by atoms with van der Waals surface area (Å²) in [5, 5.41) is 4.29. The molecule has 0 aliphatic rings. The molecule has 0 N–H and O–H groups in total. The van der Waals surface area contributed by atoms with E-state index in [1.807, 2.05) is 0 Å². The van der Waals surface area contributed by atoms with Crippen LogP contribution in [0.5, 0.6) is 0 Å². The molecule has 0 spiro atoms. The van der Waals surface area contributed by atoms with Gasteiger partial charge in [-0.05, 0) is 30.8 Å². The van der Waals surface area contributed by atoms with E-state index < -0.39 is 28.3 Å². The van der Waals surface area contributed by atoms with E-state index in [9.17, 15) is 17.6 Å². The van der Waals surface area contributed by atoms with E-state index >= 15 is 0 Å². The number of allylic oxidation sites excluding steroid dienone is 1. The van der Waals surface area contributed by atoms with Gasteiger partial charge in [0.15, 0.2) is 0 Å². The molecular formula is C10H7F4NOS. The lowest BCUT2D eigenvalue weighted by atomic mass is 10.4. The molecule has 2 nitrogen and oxygen atoms in total. The van der Waals surface area contributed by atoms with Crippen LogP contribution in [0.25, 0.3) is 6.08 Å². The fourth-order valence-electron chi connectivity index (χ4n) is 0.936. The number of hydrogen-bond donors (Lipinski definition) is 0. The van der Waals surface area contributed by atoms with Gasteiger partial charge in [-0.15, -0.1) is 0 Å². The number of thioether (sulfide) groups is 1. The number of halogens is 4. The summed E-state index contributed by atoms with van der Waals surface area (Å²) in [6.07, 6.45) is -2.84. The molecule has 0 aliphatic carbocycles. The maximum atomic E-state index is 12.7. The molecule has 0 amide bonds. The minimum atomic E-state index is -4.29. The third-order valence-electron chi connectivity index (χ3n) is 1.64. The highest BCUT2D eigenvalue weighted by atomic mass is 32.2. The summed E-state index contributed by atoms with van der Waals surface area (Å²) in [7, 11) is 0. The van der Waals surface area contributed by atoms with Crippen LogP contribution in [0, 0.1) is 18.3 Å². The summed E-state index contributed by atoms with van der Waals surface area (Å²) < 4.78 is 54.2. The quantitative estimate of drug-likeness (QED) is 0.609. The van der Waals surface area contributed by atoms with Gasteiger partial charge in [0.1, 0.15) is 17.6 Å². The van der Waals surface area contributed by atoms with E-state index in [-0.39, 0.29) is 5.76 Å². The molecular weight excluding hydrogens is 258 g/mol. The van der Waals surface area contributed by atoms with Crippen molar-refractivity contribution >= 4 is 17.8 Å². The molecule has 1 aromatic heterocycles. The lowest BCUT2D eigenvalue weighted by Gasteiger charge is -2.12. The van der Waals surface area contributed by atoms with Crippen molar-refractivity contribution in [2.24, 2.45) is 0 Å². The Hall–Kier alpha value is -1.42. The molecule has 0 saturated heterocycles. The van der Waals surface area contributed by atoms with Crippen molar-refractivity contribution in [2.75, 3.05) is 0 Å². The summed E-state index contributed by atoms with van der Waals surface area (Å²) >= 11 is -0.484. The SMILES string of the molecule is Cc1ccc(/C=C(\C#N)SC(F)(F)C(F)F)o1. The zero-order chi connectivity index (χ0) is 13.1. The maximum Gasteiger partial charge on any atom is 0.358 e. The minimum Gasteiger partial charge on any atom is -0.462 e. The Morgan fingerprint density at radius 2 is 2.18 bits per heavy atom. The maximum absolute atomic E-state index is 12.7. The van der Waals surface area contributed by atoms with Gasteiger partial charge in [0, 0.05) is 6.08 Å². The Balaban J connectivity index is 2.87. The van der Waals surface area contributed by atoms with Crippen LogP contribution in [-0.4, -0.2) is 11.7 Å². The number of nitrogens with zero attached hydrogens (tertiary/aromatic N) is 1. The predicted octanol–water partition coefficient (Wildman–Crippen LogP) is 4.04. The molecule has 0 aliphatic heterocycles. The molecule has 0 radical (unpaired) electrons. The molecule has 0 atom stereocenters. The first kappa shape index (κ1) is 13.6. The Labute approximate surface area is 98.9 Å². The van der Waals surface area contributed by atoms with Crippen molar-refractivity contribution in [3.8, 4) is 6.07 Å². The molecule has 92 valence electrons. The number of hydrogen-bond acceptors (Lipinski definition) is 3. The van der Waals surface area contributed by atoms with Gasteiger partial charge in [0.05, 0.1) is 4.91 Å². The van der Waals surface area contributed by atoms with Crippen LogP contribution >= 0.6 is 11.8 Å². The smallest absolute Gasteiger partial charge is 0.358 e. The Morgan fingerprint density at radius 1 is 1.53 bits per heavy atom. The van der Waals surface area contributed by atoms with Gasteiger partial charge in [0.25, 0.3) is 0 Å². The zero-order valence-corrected chi connectivity index (χ0v) is 9.40. The molecule has 0 bridgehead atoms. The molecule has 0 unspecified atom stereocenters. The number of alkyl halides is 4. The van der Waals surface area contributed by atoms with Gasteiger partial charge >= 0.3 is 11.7 Å². The molecule has 0 aromatic carbocycles. The van der Waals surface area contributed by atoms with Crippen LogP contribution in [-0.2, 0) is 0 Å². The van der Waals surface area contributed by atoms with E-state index in [1.165, 1.54) is 12.1 Å². The Kier molecular flexibility index (Phi) is 4.23. The van der Waals surface area contributed by atoms with Crippen molar-refractivity contribution in [3.63, 3.8) is 0 Å². The second-order valence-corrected chi connectivity index (χ2v) is 4.22. The van der Waals surface area contributed by atoms with Crippen LogP contribution in [0.4, 0.5) is 17.6 Å². The molecule has 0 saturated carbocycles. The average Bonchev–Trinajstić information content (AvgIpc) is 2.62. The fourth-order valence-corrected chi connectivity index (χ4v) is 1.54. The monoisotopic (exact) mass is 265 g/mol. The highest BCUT2D eigenvalue weighted by Crippen LogP contribution is 2.40. The van der Waals surface area contributed by atoms with E-state index in [4.69, 9.17) is 9.68 Å². The Bertz CT molecular complexity index is 461. The van der Waals surface area contributed by atoms with Gasteiger partial charge < -0.3 is 4.42 Å². The number of rotatable bonds is 4. The van der Waals surface area contributed by atoms with E-state index in [0.717, 1.165) is 6.08 Å². The van der Waals surface area contributed by atoms with Crippen molar-refractivity contribution in [1.29, 1.82) is 5.26 Å². The average molecular weight is 265 g/mol. The zero-order valence-electron chi connectivity index (χ0n) is 8.58. The van der Waals surface area contributed by atoms with Gasteiger partial charge in [-0.1, -0.05) is 0 Å². The summed E-state index contributed by atoms with van der Waals surface area (Å²) in [5.74, 6) is 0.691. The molecule has 1 aromatic rings. The van der Waals surface area contributed by atoms with Gasteiger partial charge in [0.2, 0.25) is 0 Å². The topological polar surface area (TPSA) is 36.9 Å². The van der Waals surface area contributed by atoms with Crippen LogP contribution in [0.2, 0.25) is 0 Å². The van der Waals surface area contributed by atoms with Crippen LogP contribution < -0.4 is 0 Å². The minimum absolute atomic E-state index is 0.164. The van der Waals surface area contributed by atoms with Crippen molar-refractivity contribution in [3.05, 3.63) is 28.6 Å². The molecule has 17 heavy (non-hydrogen) atoms. The molecule has 1 rings (SSSR count). The highest BCUT2D eigenvalue weighted by Gasteiger charge is 2.42. The number of aryl methyl sites for hydroxylation is 1. The molecule has 1 heterocycles. The normalized spacial score (nSPS) is 12.9. The van der Waals surface area contributed by atoms with Gasteiger partial charge in [-0.2, -0.15) is 14.0 Å². The standard InChI is InChI=1S/C10H7F4NOS/c1-6-2-3-7(16-6)4-8(5-15)17-10(13,14)9(11)12/h2-4,9H,1H3/b8-4+. The fraction of sp³-hybridized carbons (Fsp3) is 0.300. The second kappa shape index (κ2) is 5.27. The lowest BCUT2D eigenvalue weighted by Crippen LogP contribution is -2.21. The number of furan rings is 1. The molecule has 0 fully saturated rings. The first-order chi connectivity index (χ1) is 7.85. The van der Waals surface area contributed by atoms with Crippen molar-refractivity contribution in [1.82, 2.24) is 0 Å². The third kappa shape index (κ3) is 3.82. The summed E-state index contributed by atoms with van der Waals surface area (Å²) in [4.78, 5) is -0.537. The van der Waals surface area contributed by atoms with Crippen LogP contribution in [0.1, 0.15) is 11.5 Å². The summed E-state index contributed by atoms with van der Waals surface area (Å²) in [5.41, 5.74) is 0. The summed E-state index contributed by atoms with van der Waals surface area (Å²) in [6.45, 7) is 1.63. The van der Waals surface area contributed by atoms with E-state index in [0.29, 0.717) is 5.76 Å². The van der Waals surface area contributed by atoms with Gasteiger partial charge in [-0.3, -0.25) is 0 Å². The van der Waals surface area contributed by atoms with Crippen molar-refractivity contribution in [2.45, 2.75) is 18.6 Å². The van der Waals surface area contributed by atoms with E-state index in [2.05, 4.69) is 0 Å². The number of nitriles is 1. The highest BCUT2D eigenvalue weighted by molar-refractivity contribution is 8.04. The van der Waals surface area contributed by atoms with Crippen LogP contribution in [0.3, 0.4) is 0 Å². The van der Waals surface area contributed by atoms with E-state index in [1.54, 1.807) is 13.0 Å². The second-order valence-electron chi connectivity index (χ2n) is 3.03.